The van der Waals surface area contributed by atoms with Crippen LogP contribution >= 0.6 is 11.8 Å². The van der Waals surface area contributed by atoms with E-state index in [9.17, 15) is 14.9 Å². The topological polar surface area (TPSA) is 113 Å². The Morgan fingerprint density at radius 3 is 2.76 bits per heavy atom. The molecule has 9 nitrogen and oxygen atoms in total. The van der Waals surface area contributed by atoms with Crippen LogP contribution in [0.4, 0.5) is 5.69 Å². The fraction of sp³-hybridized carbons (Fsp3) is 0.208. The van der Waals surface area contributed by atoms with Gasteiger partial charge in [-0.15, -0.1) is 5.10 Å². The maximum atomic E-state index is 13.1. The van der Waals surface area contributed by atoms with Gasteiger partial charge in [0.15, 0.2) is 10.9 Å². The van der Waals surface area contributed by atoms with Crippen molar-refractivity contribution >= 4 is 34.2 Å². The zero-order chi connectivity index (χ0) is 23.7. The van der Waals surface area contributed by atoms with Gasteiger partial charge in [0, 0.05) is 17.0 Å². The van der Waals surface area contributed by atoms with Crippen molar-refractivity contribution in [3.8, 4) is 11.3 Å². The van der Waals surface area contributed by atoms with Crippen molar-refractivity contribution < 1.29 is 14.1 Å². The molecule has 0 saturated carbocycles. The number of unbranched alkanes of at least 4 members (excludes halogenated alkanes) is 1. The molecular weight excluding hydrogens is 454 g/mol. The quantitative estimate of drug-likeness (QED) is 0.331. The number of nitro benzene ring substituents is 1. The molecule has 0 fully saturated rings. The summed E-state index contributed by atoms with van der Waals surface area (Å²) in [5.41, 5.74) is 0.709. The second-order valence-electron chi connectivity index (χ2n) is 7.75. The van der Waals surface area contributed by atoms with Gasteiger partial charge in [-0.2, -0.15) is 0 Å². The van der Waals surface area contributed by atoms with Crippen molar-refractivity contribution in [1.82, 2.24) is 10.3 Å². The molecular formula is C24H21N5O4S. The molecule has 1 aromatic heterocycles. The number of furan rings is 1. The average Bonchev–Trinajstić information content (AvgIpc) is 3.33. The van der Waals surface area contributed by atoms with Gasteiger partial charge in [0.1, 0.15) is 11.5 Å². The number of benzene rings is 2. The van der Waals surface area contributed by atoms with Crippen LogP contribution in [-0.2, 0) is 4.79 Å². The van der Waals surface area contributed by atoms with Crippen molar-refractivity contribution in [2.75, 3.05) is 5.75 Å². The number of carbonyl (C=O) groups is 1. The van der Waals surface area contributed by atoms with Gasteiger partial charge in [-0.05, 0) is 30.7 Å². The highest BCUT2D eigenvalue weighted by atomic mass is 32.2. The number of nitrogens with zero attached hydrogens (tertiary/aromatic N) is 4. The molecule has 0 bridgehead atoms. The number of thioether (sulfide) groups is 1. The van der Waals surface area contributed by atoms with E-state index in [1.54, 1.807) is 35.3 Å². The number of para-hydroxylation sites is 2. The SMILES string of the molecule is CCCCSC1=NN2C(=c3ccccc3=NC2c2ccc(-c3ccccc3[N+](=O)[O-])o2)C(=O)N1. The van der Waals surface area contributed by atoms with Gasteiger partial charge in [-0.1, -0.05) is 55.4 Å². The molecule has 1 amide bonds. The molecule has 1 unspecified atom stereocenters. The van der Waals surface area contributed by atoms with Crippen LogP contribution in [0.2, 0.25) is 0 Å². The molecule has 3 heterocycles. The molecule has 0 aliphatic carbocycles. The molecule has 172 valence electrons. The lowest BCUT2D eigenvalue weighted by atomic mass is 10.1. The van der Waals surface area contributed by atoms with E-state index in [2.05, 4.69) is 12.2 Å². The predicted molar refractivity (Wildman–Crippen MR) is 129 cm³/mol. The van der Waals surface area contributed by atoms with Crippen LogP contribution in [-0.4, -0.2) is 26.8 Å². The molecule has 1 atom stereocenters. The number of rotatable bonds is 6. The fourth-order valence-corrected chi connectivity index (χ4v) is 4.81. The van der Waals surface area contributed by atoms with Gasteiger partial charge in [0.2, 0.25) is 6.17 Å². The van der Waals surface area contributed by atoms with E-state index in [0.717, 1.165) is 18.6 Å². The first-order chi connectivity index (χ1) is 16.6. The van der Waals surface area contributed by atoms with E-state index in [1.807, 2.05) is 24.3 Å². The zero-order valence-electron chi connectivity index (χ0n) is 18.3. The Hall–Kier alpha value is -3.92. The number of amides is 1. The minimum absolute atomic E-state index is 0.0495. The van der Waals surface area contributed by atoms with Gasteiger partial charge < -0.3 is 4.42 Å². The molecule has 0 radical (unpaired) electrons. The smallest absolute Gasteiger partial charge is 0.280 e. The van der Waals surface area contributed by atoms with Crippen LogP contribution in [0.1, 0.15) is 31.7 Å². The van der Waals surface area contributed by atoms with Crippen LogP contribution in [0.25, 0.3) is 17.0 Å². The molecule has 0 spiro atoms. The Morgan fingerprint density at radius 1 is 1.15 bits per heavy atom. The second-order valence-corrected chi connectivity index (χ2v) is 8.83. The molecule has 2 aliphatic rings. The van der Waals surface area contributed by atoms with Crippen LogP contribution in [0.15, 0.2) is 75.2 Å². The van der Waals surface area contributed by atoms with Crippen LogP contribution < -0.4 is 15.9 Å². The van der Waals surface area contributed by atoms with Gasteiger partial charge in [0.25, 0.3) is 11.6 Å². The van der Waals surface area contributed by atoms with E-state index >= 15 is 0 Å². The maximum absolute atomic E-state index is 13.1. The summed E-state index contributed by atoms with van der Waals surface area (Å²) in [4.78, 5) is 29.0. The molecule has 2 aliphatic heterocycles. The molecule has 3 aromatic rings. The second kappa shape index (κ2) is 9.14. The maximum Gasteiger partial charge on any atom is 0.280 e. The van der Waals surface area contributed by atoms with Crippen LogP contribution in [0.5, 0.6) is 0 Å². The van der Waals surface area contributed by atoms with E-state index in [1.165, 1.54) is 17.8 Å². The van der Waals surface area contributed by atoms with Crippen LogP contribution in [0.3, 0.4) is 0 Å². The number of hydrazone groups is 1. The number of amidine groups is 1. The third-order valence-corrected chi connectivity index (χ3v) is 6.45. The average molecular weight is 476 g/mol. The predicted octanol–water partition coefficient (Wildman–Crippen LogP) is 3.53. The van der Waals surface area contributed by atoms with Crippen LogP contribution in [0, 0.1) is 10.1 Å². The lowest BCUT2D eigenvalue weighted by Crippen LogP contribution is -2.50. The lowest BCUT2D eigenvalue weighted by molar-refractivity contribution is -0.384. The van der Waals surface area contributed by atoms with Gasteiger partial charge in [-0.3, -0.25) is 20.2 Å². The van der Waals surface area contributed by atoms with Crippen molar-refractivity contribution in [3.05, 3.63) is 87.1 Å². The number of nitro groups is 1. The lowest BCUT2D eigenvalue weighted by Gasteiger charge is -2.32. The Bertz CT molecular complexity index is 1430. The summed E-state index contributed by atoms with van der Waals surface area (Å²) in [5.74, 6) is 1.35. The van der Waals surface area contributed by atoms with Gasteiger partial charge in [0.05, 0.1) is 15.8 Å². The van der Waals surface area contributed by atoms with E-state index in [4.69, 9.17) is 14.5 Å². The summed E-state index contributed by atoms with van der Waals surface area (Å²) in [6.45, 7) is 2.11. The highest BCUT2D eigenvalue weighted by molar-refractivity contribution is 8.13. The molecule has 1 N–H and O–H groups in total. The highest BCUT2D eigenvalue weighted by Crippen LogP contribution is 2.36. The highest BCUT2D eigenvalue weighted by Gasteiger charge is 2.36. The monoisotopic (exact) mass is 475 g/mol. The molecule has 5 rings (SSSR count). The van der Waals surface area contributed by atoms with Gasteiger partial charge >= 0.3 is 0 Å². The summed E-state index contributed by atoms with van der Waals surface area (Å²) in [6.07, 6.45) is 1.32. The molecule has 0 saturated heterocycles. The first kappa shape index (κ1) is 21.9. The van der Waals surface area contributed by atoms with E-state index < -0.39 is 11.1 Å². The third-order valence-electron chi connectivity index (χ3n) is 5.50. The first-order valence-corrected chi connectivity index (χ1v) is 11.9. The zero-order valence-corrected chi connectivity index (χ0v) is 19.1. The van der Waals surface area contributed by atoms with E-state index in [-0.39, 0.29) is 11.6 Å². The molecule has 10 heteroatoms. The normalized spacial score (nSPS) is 16.8. The number of fused-ring (bicyclic) bond motifs is 2. The number of hydrogen-bond acceptors (Lipinski definition) is 8. The fourth-order valence-electron chi connectivity index (χ4n) is 3.87. The Kier molecular flexibility index (Phi) is 5.89. The molecule has 2 aromatic carbocycles. The first-order valence-electron chi connectivity index (χ1n) is 10.9. The number of carbonyl (C=O) groups excluding carboxylic acids is 1. The minimum atomic E-state index is -0.728. The number of nitrogens with one attached hydrogen (secondary N) is 1. The van der Waals surface area contributed by atoms with Crippen molar-refractivity contribution in [1.29, 1.82) is 0 Å². The number of hydrogen-bond donors (Lipinski definition) is 1. The largest absolute Gasteiger partial charge is 0.456 e. The Labute approximate surface area is 199 Å². The third kappa shape index (κ3) is 3.96. The van der Waals surface area contributed by atoms with Gasteiger partial charge in [-0.25, -0.2) is 10.0 Å². The summed E-state index contributed by atoms with van der Waals surface area (Å²) in [6, 6.07) is 17.2. The minimum Gasteiger partial charge on any atom is -0.456 e. The van der Waals surface area contributed by atoms with Crippen molar-refractivity contribution in [2.45, 2.75) is 25.9 Å². The summed E-state index contributed by atoms with van der Waals surface area (Å²) in [7, 11) is 0. The van der Waals surface area contributed by atoms with Crippen molar-refractivity contribution in [2.24, 2.45) is 10.1 Å². The van der Waals surface area contributed by atoms with Crippen molar-refractivity contribution in [3.63, 3.8) is 0 Å². The summed E-state index contributed by atoms with van der Waals surface area (Å²) < 4.78 is 6.07. The Balaban J connectivity index is 1.60. The van der Waals surface area contributed by atoms with E-state index in [0.29, 0.717) is 38.5 Å². The molecule has 34 heavy (non-hydrogen) atoms. The summed E-state index contributed by atoms with van der Waals surface area (Å²) >= 11 is 1.48. The summed E-state index contributed by atoms with van der Waals surface area (Å²) in [5, 5.41) is 22.5. The Morgan fingerprint density at radius 2 is 1.94 bits per heavy atom. The standard InChI is InChI=1S/C24H21N5O4S/c1-2-3-14-34-24-26-23(30)21-15-8-4-6-10-17(15)25-22(28(21)27-24)20-13-12-19(33-20)16-9-5-7-11-18(16)29(31)32/h4-13,22H,2-3,14H2,1H3,(H,26,27,30).